The number of hydrogen-bond donors (Lipinski definition) is 0. The number of aromatic nitrogens is 3. The number of amides is 2. The second-order valence-electron chi connectivity index (χ2n) is 7.07. The minimum Gasteiger partial charge on any atom is -0.282 e. The zero-order valence-corrected chi connectivity index (χ0v) is 17.1. The summed E-state index contributed by atoms with van der Waals surface area (Å²) in [7, 11) is 0. The third-order valence-corrected chi connectivity index (χ3v) is 5.78. The van der Waals surface area contributed by atoms with E-state index in [4.69, 9.17) is 0 Å². The molecule has 2 aromatic carbocycles. The van der Waals surface area contributed by atoms with Crippen molar-refractivity contribution < 1.29 is 9.59 Å². The van der Waals surface area contributed by atoms with Gasteiger partial charge in [-0.2, -0.15) is 0 Å². The molecule has 1 aliphatic heterocycles. The second-order valence-corrected chi connectivity index (χ2v) is 8.01. The molecule has 1 saturated heterocycles. The molecule has 1 fully saturated rings. The van der Waals surface area contributed by atoms with Crippen LogP contribution in [-0.4, -0.2) is 43.8 Å². The van der Waals surface area contributed by atoms with E-state index >= 15 is 0 Å². The van der Waals surface area contributed by atoms with Gasteiger partial charge in [-0.3, -0.25) is 19.1 Å². The molecule has 0 bridgehead atoms. The fourth-order valence-corrected chi connectivity index (χ4v) is 4.28. The number of thioether (sulfide) groups is 1. The average molecular weight is 407 g/mol. The Balaban J connectivity index is 1.61. The Morgan fingerprint density at radius 3 is 2.66 bits per heavy atom. The van der Waals surface area contributed by atoms with E-state index in [1.54, 1.807) is 0 Å². The van der Waals surface area contributed by atoms with Crippen molar-refractivity contribution in [1.29, 1.82) is 0 Å². The first kappa shape index (κ1) is 19.4. The van der Waals surface area contributed by atoms with Crippen LogP contribution in [0.1, 0.15) is 29.8 Å². The number of benzene rings is 2. The van der Waals surface area contributed by atoms with E-state index in [1.165, 1.54) is 16.7 Å². The number of rotatable bonds is 6. The molecule has 2 heterocycles. The van der Waals surface area contributed by atoms with Gasteiger partial charge in [0.1, 0.15) is 5.82 Å². The van der Waals surface area contributed by atoms with Crippen LogP contribution < -0.4 is 0 Å². The maximum absolute atomic E-state index is 12.5. The lowest BCUT2D eigenvalue weighted by Crippen LogP contribution is -2.33. The maximum Gasteiger partial charge on any atom is 0.239 e. The molecule has 148 valence electrons. The van der Waals surface area contributed by atoms with Crippen molar-refractivity contribution in [3.8, 4) is 5.69 Å². The number of aryl methyl sites for hydroxylation is 1. The molecule has 0 N–H and O–H groups in total. The fourth-order valence-electron chi connectivity index (χ4n) is 3.43. The SMILES string of the molecule is Cc1cccc(-n2c(Cc3ccccc3)nnc2SCC(=O)N2CCCC2=O)c1. The highest BCUT2D eigenvalue weighted by Gasteiger charge is 2.27. The van der Waals surface area contributed by atoms with Gasteiger partial charge in [0.2, 0.25) is 11.8 Å². The van der Waals surface area contributed by atoms with Gasteiger partial charge in [-0.25, -0.2) is 0 Å². The van der Waals surface area contributed by atoms with Gasteiger partial charge in [0, 0.05) is 25.1 Å². The highest BCUT2D eigenvalue weighted by Crippen LogP contribution is 2.25. The van der Waals surface area contributed by atoms with Gasteiger partial charge < -0.3 is 0 Å². The van der Waals surface area contributed by atoms with Crippen LogP contribution >= 0.6 is 11.8 Å². The Kier molecular flexibility index (Phi) is 5.76. The number of carbonyl (C=O) groups is 2. The van der Waals surface area contributed by atoms with E-state index < -0.39 is 0 Å². The van der Waals surface area contributed by atoms with Crippen LogP contribution in [0, 0.1) is 6.92 Å². The zero-order chi connectivity index (χ0) is 20.2. The summed E-state index contributed by atoms with van der Waals surface area (Å²) < 4.78 is 2.00. The predicted octanol–water partition coefficient (Wildman–Crippen LogP) is 3.41. The molecule has 0 radical (unpaired) electrons. The van der Waals surface area contributed by atoms with Crippen LogP contribution in [0.2, 0.25) is 0 Å². The minimum absolute atomic E-state index is 0.0829. The third kappa shape index (κ3) is 4.40. The van der Waals surface area contributed by atoms with Gasteiger partial charge in [-0.05, 0) is 36.6 Å². The van der Waals surface area contributed by atoms with E-state index in [9.17, 15) is 9.59 Å². The smallest absolute Gasteiger partial charge is 0.239 e. The van der Waals surface area contributed by atoms with Gasteiger partial charge in [-0.15, -0.1) is 10.2 Å². The predicted molar refractivity (Wildman–Crippen MR) is 112 cm³/mol. The van der Waals surface area contributed by atoms with E-state index in [-0.39, 0.29) is 17.6 Å². The molecule has 0 aliphatic carbocycles. The summed E-state index contributed by atoms with van der Waals surface area (Å²) >= 11 is 1.32. The fraction of sp³-hybridized carbons (Fsp3) is 0.273. The molecule has 0 atom stereocenters. The van der Waals surface area contributed by atoms with Gasteiger partial charge in [0.25, 0.3) is 0 Å². The topological polar surface area (TPSA) is 68.1 Å². The molecule has 1 aliphatic rings. The summed E-state index contributed by atoms with van der Waals surface area (Å²) in [5.41, 5.74) is 3.24. The van der Waals surface area contributed by atoms with E-state index in [1.807, 2.05) is 47.9 Å². The quantitative estimate of drug-likeness (QED) is 0.587. The van der Waals surface area contributed by atoms with E-state index in [0.29, 0.717) is 24.5 Å². The molecule has 1 aromatic heterocycles. The summed E-state index contributed by atoms with van der Waals surface area (Å²) in [6.07, 6.45) is 1.84. The van der Waals surface area contributed by atoms with Gasteiger partial charge in [0.05, 0.1) is 5.75 Å². The number of nitrogens with zero attached hydrogens (tertiary/aromatic N) is 4. The number of carbonyl (C=O) groups excluding carboxylic acids is 2. The van der Waals surface area contributed by atoms with Crippen molar-refractivity contribution in [2.75, 3.05) is 12.3 Å². The average Bonchev–Trinajstić information content (AvgIpc) is 3.33. The number of likely N-dealkylation sites (tertiary alicyclic amines) is 1. The Bertz CT molecular complexity index is 1030. The van der Waals surface area contributed by atoms with Crippen molar-refractivity contribution in [2.45, 2.75) is 31.3 Å². The molecule has 2 amide bonds. The highest BCUT2D eigenvalue weighted by atomic mass is 32.2. The molecule has 7 heteroatoms. The molecular formula is C22H22N4O2S. The summed E-state index contributed by atoms with van der Waals surface area (Å²) in [4.78, 5) is 25.6. The lowest BCUT2D eigenvalue weighted by Gasteiger charge is -2.14. The van der Waals surface area contributed by atoms with Crippen LogP contribution in [0.3, 0.4) is 0 Å². The first-order valence-electron chi connectivity index (χ1n) is 9.63. The molecular weight excluding hydrogens is 384 g/mol. The number of imide groups is 1. The van der Waals surface area contributed by atoms with Crippen LogP contribution in [-0.2, 0) is 16.0 Å². The summed E-state index contributed by atoms with van der Waals surface area (Å²) in [6, 6.07) is 18.2. The monoisotopic (exact) mass is 406 g/mol. The molecule has 0 spiro atoms. The summed E-state index contributed by atoms with van der Waals surface area (Å²) in [6.45, 7) is 2.56. The highest BCUT2D eigenvalue weighted by molar-refractivity contribution is 7.99. The van der Waals surface area contributed by atoms with Crippen LogP contribution in [0.4, 0.5) is 0 Å². The summed E-state index contributed by atoms with van der Waals surface area (Å²) in [5, 5.41) is 9.42. The van der Waals surface area contributed by atoms with Crippen molar-refractivity contribution in [3.63, 3.8) is 0 Å². The normalized spacial score (nSPS) is 13.8. The summed E-state index contributed by atoms with van der Waals surface area (Å²) in [5.74, 6) is 0.733. The lowest BCUT2D eigenvalue weighted by molar-refractivity contribution is -0.140. The number of hydrogen-bond acceptors (Lipinski definition) is 5. The molecule has 0 saturated carbocycles. The van der Waals surface area contributed by atoms with E-state index in [2.05, 4.69) is 28.4 Å². The molecule has 0 unspecified atom stereocenters. The Hall–Kier alpha value is -2.93. The zero-order valence-electron chi connectivity index (χ0n) is 16.2. The van der Waals surface area contributed by atoms with Crippen molar-refractivity contribution in [3.05, 3.63) is 71.5 Å². The van der Waals surface area contributed by atoms with Crippen LogP contribution in [0.5, 0.6) is 0 Å². The molecule has 4 rings (SSSR count). The second kappa shape index (κ2) is 8.61. The standard InChI is InChI=1S/C22H22N4O2S/c1-16-7-5-10-18(13-16)26-19(14-17-8-3-2-4-9-17)23-24-22(26)29-15-21(28)25-12-6-11-20(25)27/h2-5,7-10,13H,6,11-12,14-15H2,1H3. The largest absolute Gasteiger partial charge is 0.282 e. The Labute approximate surface area is 173 Å². The van der Waals surface area contributed by atoms with Gasteiger partial charge in [0.15, 0.2) is 5.16 Å². The van der Waals surface area contributed by atoms with Crippen molar-refractivity contribution in [1.82, 2.24) is 19.7 Å². The van der Waals surface area contributed by atoms with Gasteiger partial charge >= 0.3 is 0 Å². The molecule has 3 aromatic rings. The first-order chi connectivity index (χ1) is 14.1. The molecule has 6 nitrogen and oxygen atoms in total. The Morgan fingerprint density at radius 1 is 1.10 bits per heavy atom. The van der Waals surface area contributed by atoms with Crippen LogP contribution in [0.15, 0.2) is 59.8 Å². The Morgan fingerprint density at radius 2 is 1.93 bits per heavy atom. The van der Waals surface area contributed by atoms with Gasteiger partial charge in [-0.1, -0.05) is 54.2 Å². The van der Waals surface area contributed by atoms with Crippen molar-refractivity contribution >= 4 is 23.6 Å². The lowest BCUT2D eigenvalue weighted by atomic mass is 10.1. The third-order valence-electron chi connectivity index (χ3n) is 4.86. The van der Waals surface area contributed by atoms with Crippen molar-refractivity contribution in [2.24, 2.45) is 0 Å². The van der Waals surface area contributed by atoms with E-state index in [0.717, 1.165) is 29.1 Å². The first-order valence-corrected chi connectivity index (χ1v) is 10.6. The minimum atomic E-state index is -0.166. The van der Waals surface area contributed by atoms with Crippen LogP contribution in [0.25, 0.3) is 5.69 Å². The maximum atomic E-state index is 12.5. The molecule has 29 heavy (non-hydrogen) atoms.